The summed E-state index contributed by atoms with van der Waals surface area (Å²) in [5, 5.41) is 0. The van der Waals surface area contributed by atoms with Crippen molar-refractivity contribution in [1.82, 2.24) is 9.80 Å². The first kappa shape index (κ1) is 16.4. The molecule has 2 saturated heterocycles. The Hall–Kier alpha value is -1.05. The van der Waals surface area contributed by atoms with E-state index in [-0.39, 0.29) is 30.1 Å². The van der Waals surface area contributed by atoms with Crippen LogP contribution in [0.1, 0.15) is 18.4 Å². The summed E-state index contributed by atoms with van der Waals surface area (Å²) in [7, 11) is -3.07. The lowest BCUT2D eigenvalue weighted by Gasteiger charge is -2.44. The Kier molecular flexibility index (Phi) is 4.13. The van der Waals surface area contributed by atoms with Crippen LogP contribution < -0.4 is 0 Å². The predicted octanol–water partition coefficient (Wildman–Crippen LogP) is 1.66. The van der Waals surface area contributed by atoms with Gasteiger partial charge in [0.25, 0.3) is 0 Å². The average molecular weight is 356 g/mol. The summed E-state index contributed by atoms with van der Waals surface area (Å²) in [5.74, 6) is 0.118. The number of rotatable bonds is 4. The van der Waals surface area contributed by atoms with Crippen LogP contribution in [0.2, 0.25) is 0 Å². The van der Waals surface area contributed by atoms with Crippen molar-refractivity contribution >= 4 is 9.84 Å². The van der Waals surface area contributed by atoms with Crippen molar-refractivity contribution in [3.8, 4) is 0 Å². The summed E-state index contributed by atoms with van der Waals surface area (Å²) >= 11 is 0. The molecule has 2 aliphatic heterocycles. The van der Waals surface area contributed by atoms with Gasteiger partial charge in [-0.3, -0.25) is 9.80 Å². The van der Waals surface area contributed by atoms with Gasteiger partial charge < -0.3 is 0 Å². The fourth-order valence-electron chi connectivity index (χ4n) is 4.03. The summed E-state index contributed by atoms with van der Waals surface area (Å²) in [4.78, 5) is 4.34. The molecular weight excluding hydrogens is 334 g/mol. The van der Waals surface area contributed by atoms with E-state index < -0.39 is 21.5 Å². The maximum Gasteiger partial charge on any atom is 0.153 e. The molecule has 0 aromatic heterocycles. The number of sulfone groups is 1. The van der Waals surface area contributed by atoms with Gasteiger partial charge >= 0.3 is 0 Å². The Morgan fingerprint density at radius 3 is 2.42 bits per heavy atom. The third kappa shape index (κ3) is 3.34. The number of piperazine rings is 1. The molecule has 0 radical (unpaired) electrons. The zero-order valence-electron chi connectivity index (χ0n) is 13.5. The van der Waals surface area contributed by atoms with Gasteiger partial charge in [0.05, 0.1) is 11.5 Å². The molecule has 0 spiro atoms. The lowest BCUT2D eigenvalue weighted by atomic mass is 10.0. The minimum atomic E-state index is -3.07. The highest BCUT2D eigenvalue weighted by atomic mass is 32.2. The summed E-state index contributed by atoms with van der Waals surface area (Å²) in [6.07, 6.45) is 2.47. The predicted molar refractivity (Wildman–Crippen MR) is 87.3 cm³/mol. The second-order valence-electron chi connectivity index (χ2n) is 7.36. The van der Waals surface area contributed by atoms with Crippen LogP contribution in [0.15, 0.2) is 18.2 Å². The molecular formula is C17H22F2N2O2S. The Bertz CT molecular complexity index is 736. The SMILES string of the molecule is O=S1(=O)C[C@@H]2[C@H](C1)N(Cc1cc(F)ccc1F)CCN2CC1CC1. The maximum atomic E-state index is 14.0. The third-order valence-corrected chi connectivity index (χ3v) is 7.18. The van der Waals surface area contributed by atoms with Gasteiger partial charge in [0.15, 0.2) is 9.84 Å². The first-order valence-corrected chi connectivity index (χ1v) is 10.4. The molecule has 1 aromatic rings. The molecule has 4 nitrogen and oxygen atoms in total. The van der Waals surface area contributed by atoms with E-state index in [9.17, 15) is 17.2 Å². The van der Waals surface area contributed by atoms with E-state index in [1.54, 1.807) is 0 Å². The number of hydrogen-bond acceptors (Lipinski definition) is 4. The standard InChI is InChI=1S/C17H22F2N2O2S/c18-14-3-4-15(19)13(7-14)9-21-6-5-20(8-12-1-2-12)16-10-24(22,23)11-17(16)21/h3-4,7,12,16-17H,1-2,5-6,8-11H2/t16-,17+/m1/s1. The summed E-state index contributed by atoms with van der Waals surface area (Å²) in [6.45, 7) is 2.72. The Morgan fingerprint density at radius 1 is 1.04 bits per heavy atom. The van der Waals surface area contributed by atoms with E-state index in [0.717, 1.165) is 25.2 Å². The van der Waals surface area contributed by atoms with Crippen LogP contribution in [-0.2, 0) is 16.4 Å². The largest absolute Gasteiger partial charge is 0.296 e. The highest BCUT2D eigenvalue weighted by molar-refractivity contribution is 7.91. The fourth-order valence-corrected chi connectivity index (χ4v) is 6.08. The van der Waals surface area contributed by atoms with Crippen LogP contribution >= 0.6 is 0 Å². The lowest BCUT2D eigenvalue weighted by molar-refractivity contribution is 0.0370. The monoisotopic (exact) mass is 356 g/mol. The molecule has 132 valence electrons. The van der Waals surface area contributed by atoms with Crippen LogP contribution in [0, 0.1) is 17.6 Å². The van der Waals surface area contributed by atoms with E-state index in [1.807, 2.05) is 4.90 Å². The number of nitrogens with zero attached hydrogens (tertiary/aromatic N) is 2. The van der Waals surface area contributed by atoms with E-state index >= 15 is 0 Å². The smallest absolute Gasteiger partial charge is 0.153 e. The molecule has 3 fully saturated rings. The molecule has 4 rings (SSSR count). The molecule has 1 saturated carbocycles. The second kappa shape index (κ2) is 6.04. The molecule has 24 heavy (non-hydrogen) atoms. The van der Waals surface area contributed by atoms with Crippen LogP contribution in [-0.4, -0.2) is 61.4 Å². The molecule has 7 heteroatoms. The van der Waals surface area contributed by atoms with Crippen molar-refractivity contribution in [2.75, 3.05) is 31.1 Å². The van der Waals surface area contributed by atoms with E-state index in [1.165, 1.54) is 18.9 Å². The van der Waals surface area contributed by atoms with Gasteiger partial charge in [-0.25, -0.2) is 17.2 Å². The average Bonchev–Trinajstić information content (AvgIpc) is 3.26. The van der Waals surface area contributed by atoms with Crippen molar-refractivity contribution in [2.45, 2.75) is 31.5 Å². The Balaban J connectivity index is 1.55. The summed E-state index contributed by atoms with van der Waals surface area (Å²) in [5.41, 5.74) is 0.300. The van der Waals surface area contributed by atoms with Crippen molar-refractivity contribution in [2.24, 2.45) is 5.92 Å². The number of fused-ring (bicyclic) bond motifs is 1. The van der Waals surface area contributed by atoms with Gasteiger partial charge in [-0.1, -0.05) is 0 Å². The van der Waals surface area contributed by atoms with Crippen LogP contribution in [0.4, 0.5) is 8.78 Å². The van der Waals surface area contributed by atoms with Gasteiger partial charge in [-0.2, -0.15) is 0 Å². The quantitative estimate of drug-likeness (QED) is 0.823. The van der Waals surface area contributed by atoms with E-state index in [2.05, 4.69) is 4.90 Å². The van der Waals surface area contributed by atoms with Gasteiger partial charge in [-0.05, 0) is 37.0 Å². The molecule has 1 aliphatic carbocycles. The Morgan fingerprint density at radius 2 is 1.71 bits per heavy atom. The molecule has 0 N–H and O–H groups in total. The molecule has 0 amide bonds. The van der Waals surface area contributed by atoms with Crippen molar-refractivity contribution in [3.05, 3.63) is 35.4 Å². The normalized spacial score (nSPS) is 30.4. The highest BCUT2D eigenvalue weighted by Crippen LogP contribution is 2.34. The van der Waals surface area contributed by atoms with Gasteiger partial charge in [0.2, 0.25) is 0 Å². The van der Waals surface area contributed by atoms with Crippen LogP contribution in [0.3, 0.4) is 0 Å². The summed E-state index contributed by atoms with van der Waals surface area (Å²) in [6, 6.07) is 3.32. The number of benzene rings is 1. The minimum absolute atomic E-state index is 0.0130. The van der Waals surface area contributed by atoms with Crippen LogP contribution in [0.5, 0.6) is 0 Å². The fraction of sp³-hybridized carbons (Fsp3) is 0.647. The minimum Gasteiger partial charge on any atom is -0.296 e. The Labute approximate surface area is 141 Å². The summed E-state index contributed by atoms with van der Waals surface area (Å²) < 4.78 is 51.7. The molecule has 1 aromatic carbocycles. The van der Waals surface area contributed by atoms with Crippen LogP contribution in [0.25, 0.3) is 0 Å². The zero-order valence-corrected chi connectivity index (χ0v) is 14.3. The molecule has 0 bridgehead atoms. The van der Waals surface area contributed by atoms with Crippen molar-refractivity contribution < 1.29 is 17.2 Å². The lowest BCUT2D eigenvalue weighted by Crippen LogP contribution is -2.59. The molecule has 2 atom stereocenters. The van der Waals surface area contributed by atoms with E-state index in [4.69, 9.17) is 0 Å². The van der Waals surface area contributed by atoms with Crippen molar-refractivity contribution in [1.29, 1.82) is 0 Å². The molecule has 0 unspecified atom stereocenters. The third-order valence-electron chi connectivity index (χ3n) is 5.48. The second-order valence-corrected chi connectivity index (χ2v) is 9.51. The first-order chi connectivity index (χ1) is 11.4. The molecule has 2 heterocycles. The first-order valence-electron chi connectivity index (χ1n) is 8.54. The molecule has 3 aliphatic rings. The van der Waals surface area contributed by atoms with Crippen molar-refractivity contribution in [3.63, 3.8) is 0 Å². The zero-order chi connectivity index (χ0) is 16.9. The van der Waals surface area contributed by atoms with E-state index in [0.29, 0.717) is 18.0 Å². The number of halogens is 2. The van der Waals surface area contributed by atoms with Gasteiger partial charge in [0, 0.05) is 43.8 Å². The highest BCUT2D eigenvalue weighted by Gasteiger charge is 2.47. The van der Waals surface area contributed by atoms with Gasteiger partial charge in [-0.15, -0.1) is 0 Å². The maximum absolute atomic E-state index is 14.0. The topological polar surface area (TPSA) is 40.6 Å². The number of hydrogen-bond donors (Lipinski definition) is 0. The van der Waals surface area contributed by atoms with Gasteiger partial charge in [0.1, 0.15) is 11.6 Å².